The average molecular weight is 174 g/mol. The lowest BCUT2D eigenvalue weighted by molar-refractivity contribution is -0.140. The summed E-state index contributed by atoms with van der Waals surface area (Å²) in [4.78, 5) is 10.8. The number of aliphatic hydroxyl groups excluding tert-OH is 1. The van der Waals surface area contributed by atoms with Crippen molar-refractivity contribution in [3.05, 3.63) is 12.0 Å². The normalized spacial score (nSPS) is 11.0. The highest BCUT2D eigenvalue weighted by molar-refractivity contribution is 5.85. The smallest absolute Gasteiger partial charge is 0.376 e. The fraction of sp³-hybridized carbons (Fsp3) is 0.625. The summed E-state index contributed by atoms with van der Waals surface area (Å²) in [5.41, 5.74) is 0. The van der Waals surface area contributed by atoms with Gasteiger partial charge in [0.15, 0.2) is 0 Å². The van der Waals surface area contributed by atoms with E-state index in [1.807, 2.05) is 6.92 Å². The Kier molecular flexibility index (Phi) is 5.87. The molecule has 12 heavy (non-hydrogen) atoms. The van der Waals surface area contributed by atoms with Gasteiger partial charge in [0, 0.05) is 0 Å². The standard InChI is InChI=1S/C8H14O4/c1-3-4-5-12-7(6-9)8(10)11-2/h6,9H,3-5H2,1-2H3/b7-6+. The van der Waals surface area contributed by atoms with E-state index in [0.717, 1.165) is 12.8 Å². The van der Waals surface area contributed by atoms with Crippen LogP contribution in [0.3, 0.4) is 0 Å². The highest BCUT2D eigenvalue weighted by atomic mass is 16.6. The van der Waals surface area contributed by atoms with Crippen LogP contribution in [0.4, 0.5) is 0 Å². The molecule has 0 aliphatic heterocycles. The van der Waals surface area contributed by atoms with Crippen LogP contribution < -0.4 is 0 Å². The van der Waals surface area contributed by atoms with Gasteiger partial charge in [0.1, 0.15) is 6.26 Å². The molecule has 0 bridgehead atoms. The van der Waals surface area contributed by atoms with Crippen molar-refractivity contribution in [1.82, 2.24) is 0 Å². The van der Waals surface area contributed by atoms with Gasteiger partial charge in [-0.25, -0.2) is 4.79 Å². The zero-order valence-electron chi connectivity index (χ0n) is 7.37. The predicted octanol–water partition coefficient (Wildman–Crippen LogP) is 1.38. The minimum absolute atomic E-state index is 0.147. The van der Waals surface area contributed by atoms with E-state index in [1.165, 1.54) is 7.11 Å². The molecule has 0 aliphatic carbocycles. The molecule has 0 amide bonds. The van der Waals surface area contributed by atoms with Crippen LogP contribution in [-0.4, -0.2) is 24.8 Å². The summed E-state index contributed by atoms with van der Waals surface area (Å²) in [5.74, 6) is -0.806. The number of ether oxygens (including phenoxy) is 2. The number of methoxy groups -OCH3 is 1. The van der Waals surface area contributed by atoms with Crippen molar-refractivity contribution in [1.29, 1.82) is 0 Å². The summed E-state index contributed by atoms with van der Waals surface area (Å²) in [7, 11) is 1.23. The molecule has 0 spiro atoms. The monoisotopic (exact) mass is 174 g/mol. The van der Waals surface area contributed by atoms with E-state index in [2.05, 4.69) is 4.74 Å². The summed E-state index contributed by atoms with van der Waals surface area (Å²) in [5, 5.41) is 8.54. The lowest BCUT2D eigenvalue weighted by Crippen LogP contribution is -2.09. The van der Waals surface area contributed by atoms with Crippen molar-refractivity contribution in [2.24, 2.45) is 0 Å². The number of hydrogen-bond donors (Lipinski definition) is 1. The highest BCUT2D eigenvalue weighted by Gasteiger charge is 2.10. The molecule has 0 rings (SSSR count). The summed E-state index contributed by atoms with van der Waals surface area (Å²) in [6.07, 6.45) is 2.43. The van der Waals surface area contributed by atoms with Gasteiger partial charge >= 0.3 is 5.97 Å². The molecule has 0 aromatic carbocycles. The molecule has 1 N–H and O–H groups in total. The van der Waals surface area contributed by atoms with E-state index >= 15 is 0 Å². The second-order valence-corrected chi connectivity index (χ2v) is 2.19. The fourth-order valence-electron chi connectivity index (χ4n) is 0.576. The van der Waals surface area contributed by atoms with Gasteiger partial charge in [0.05, 0.1) is 13.7 Å². The molecule has 0 saturated carbocycles. The largest absolute Gasteiger partial charge is 0.511 e. The van der Waals surface area contributed by atoms with Crippen LogP contribution in [0.5, 0.6) is 0 Å². The first-order valence-electron chi connectivity index (χ1n) is 3.81. The van der Waals surface area contributed by atoms with Crippen LogP contribution >= 0.6 is 0 Å². The first-order chi connectivity index (χ1) is 5.76. The van der Waals surface area contributed by atoms with Crippen LogP contribution in [0, 0.1) is 0 Å². The predicted molar refractivity (Wildman–Crippen MR) is 43.6 cm³/mol. The van der Waals surface area contributed by atoms with E-state index in [9.17, 15) is 4.79 Å². The van der Waals surface area contributed by atoms with Gasteiger partial charge in [0.25, 0.3) is 0 Å². The van der Waals surface area contributed by atoms with E-state index in [-0.39, 0.29) is 5.76 Å². The number of hydrogen-bond acceptors (Lipinski definition) is 4. The molecule has 0 atom stereocenters. The van der Waals surface area contributed by atoms with Crippen LogP contribution in [0.25, 0.3) is 0 Å². The zero-order chi connectivity index (χ0) is 9.40. The SMILES string of the molecule is CCCCO/C(=C/O)C(=O)OC. The number of carbonyl (C=O) groups is 1. The number of unbranched alkanes of at least 4 members (excludes halogenated alkanes) is 1. The Hall–Kier alpha value is -1.19. The second-order valence-electron chi connectivity index (χ2n) is 2.19. The zero-order valence-corrected chi connectivity index (χ0v) is 7.37. The molecule has 70 valence electrons. The van der Waals surface area contributed by atoms with E-state index in [0.29, 0.717) is 12.9 Å². The maximum Gasteiger partial charge on any atom is 0.376 e. The highest BCUT2D eigenvalue weighted by Crippen LogP contribution is 2.00. The second kappa shape index (κ2) is 6.52. The number of esters is 1. The third-order valence-electron chi connectivity index (χ3n) is 1.26. The molecule has 0 aromatic rings. The third kappa shape index (κ3) is 3.85. The summed E-state index contributed by atoms with van der Waals surface area (Å²) in [6, 6.07) is 0. The molecule has 0 radical (unpaired) electrons. The molecule has 0 aliphatic rings. The maximum absolute atomic E-state index is 10.8. The Balaban J connectivity index is 3.77. The van der Waals surface area contributed by atoms with E-state index in [1.54, 1.807) is 0 Å². The molecular weight excluding hydrogens is 160 g/mol. The first kappa shape index (κ1) is 10.8. The van der Waals surface area contributed by atoms with Gasteiger partial charge in [-0.1, -0.05) is 13.3 Å². The molecular formula is C8H14O4. The lowest BCUT2D eigenvalue weighted by Gasteiger charge is -2.05. The lowest BCUT2D eigenvalue weighted by atomic mass is 10.4. The molecule has 4 heteroatoms. The summed E-state index contributed by atoms with van der Waals surface area (Å²) >= 11 is 0. The average Bonchev–Trinajstić information content (AvgIpc) is 2.11. The number of rotatable bonds is 5. The molecule has 0 aromatic heterocycles. The third-order valence-corrected chi connectivity index (χ3v) is 1.26. The molecule has 4 nitrogen and oxygen atoms in total. The topological polar surface area (TPSA) is 55.8 Å². The van der Waals surface area contributed by atoms with E-state index in [4.69, 9.17) is 9.84 Å². The van der Waals surface area contributed by atoms with Gasteiger partial charge in [-0.05, 0) is 6.42 Å². The summed E-state index contributed by atoms with van der Waals surface area (Å²) < 4.78 is 9.26. The molecule has 0 heterocycles. The van der Waals surface area contributed by atoms with Crippen molar-refractivity contribution in [2.45, 2.75) is 19.8 Å². The molecule has 0 unspecified atom stereocenters. The van der Waals surface area contributed by atoms with Crippen molar-refractivity contribution in [3.8, 4) is 0 Å². The van der Waals surface area contributed by atoms with Gasteiger partial charge in [-0.3, -0.25) is 0 Å². The van der Waals surface area contributed by atoms with Crippen molar-refractivity contribution in [3.63, 3.8) is 0 Å². The Bertz CT molecular complexity index is 162. The van der Waals surface area contributed by atoms with Crippen molar-refractivity contribution >= 4 is 5.97 Å². The quantitative estimate of drug-likeness (QED) is 0.296. The minimum Gasteiger partial charge on any atom is -0.511 e. The minimum atomic E-state index is -0.659. The Morgan fingerprint density at radius 3 is 2.67 bits per heavy atom. The molecule has 0 saturated heterocycles. The Morgan fingerprint density at radius 1 is 1.58 bits per heavy atom. The summed E-state index contributed by atoms with van der Waals surface area (Å²) in [6.45, 7) is 2.42. The van der Waals surface area contributed by atoms with Crippen LogP contribution in [0.15, 0.2) is 12.0 Å². The van der Waals surface area contributed by atoms with Crippen LogP contribution in [0.1, 0.15) is 19.8 Å². The van der Waals surface area contributed by atoms with Crippen LogP contribution in [-0.2, 0) is 14.3 Å². The van der Waals surface area contributed by atoms with Crippen molar-refractivity contribution in [2.75, 3.05) is 13.7 Å². The van der Waals surface area contributed by atoms with Gasteiger partial charge in [0.2, 0.25) is 5.76 Å². The number of aliphatic hydroxyl groups is 1. The fourth-order valence-corrected chi connectivity index (χ4v) is 0.576. The first-order valence-corrected chi connectivity index (χ1v) is 3.81. The maximum atomic E-state index is 10.8. The van der Waals surface area contributed by atoms with E-state index < -0.39 is 5.97 Å². The van der Waals surface area contributed by atoms with Gasteiger partial charge < -0.3 is 14.6 Å². The van der Waals surface area contributed by atoms with Gasteiger partial charge in [-0.2, -0.15) is 0 Å². The Labute approximate surface area is 71.8 Å². The number of carbonyl (C=O) groups excluding carboxylic acids is 1. The van der Waals surface area contributed by atoms with Crippen molar-refractivity contribution < 1.29 is 19.4 Å². The van der Waals surface area contributed by atoms with Crippen LogP contribution in [0.2, 0.25) is 0 Å². The van der Waals surface area contributed by atoms with Gasteiger partial charge in [-0.15, -0.1) is 0 Å². The molecule has 0 fully saturated rings. The Morgan fingerprint density at radius 2 is 2.25 bits per heavy atom.